The number of carbonyl (C=O) groups excluding carboxylic acids is 3. The van der Waals surface area contributed by atoms with Gasteiger partial charge in [-0.15, -0.1) is 0 Å². The fraction of sp³-hybridized carbons (Fsp3) is 0.571. The number of likely N-dealkylation sites (tertiary alicyclic amines) is 1. The first-order valence-corrected chi connectivity index (χ1v) is 13.5. The molecule has 0 bridgehead atoms. The van der Waals surface area contributed by atoms with Crippen LogP contribution < -0.4 is 16.4 Å². The van der Waals surface area contributed by atoms with Crippen LogP contribution in [0.2, 0.25) is 0 Å². The third-order valence-electron chi connectivity index (χ3n) is 7.43. The molecule has 2 heterocycles. The molecule has 1 fully saturated rings. The number of carboxylic acid groups (broad SMARTS) is 1. The second kappa shape index (κ2) is 12.9. The highest BCUT2D eigenvalue weighted by atomic mass is 16.4. The van der Waals surface area contributed by atoms with Gasteiger partial charge < -0.3 is 31.4 Å². The van der Waals surface area contributed by atoms with Gasteiger partial charge in [-0.1, -0.05) is 52.3 Å². The average Bonchev–Trinajstić information content (AvgIpc) is 3.54. The minimum atomic E-state index is -1.06. The van der Waals surface area contributed by atoms with Crippen molar-refractivity contribution in [2.24, 2.45) is 17.6 Å². The highest BCUT2D eigenvalue weighted by Gasteiger charge is 2.39. The molecule has 10 heteroatoms. The normalized spacial score (nSPS) is 18.7. The van der Waals surface area contributed by atoms with Gasteiger partial charge in [0.15, 0.2) is 0 Å². The quantitative estimate of drug-likeness (QED) is 0.285. The van der Waals surface area contributed by atoms with E-state index >= 15 is 0 Å². The van der Waals surface area contributed by atoms with Crippen LogP contribution in [0.5, 0.6) is 0 Å². The Morgan fingerprint density at radius 1 is 1.11 bits per heavy atom. The average molecular weight is 528 g/mol. The van der Waals surface area contributed by atoms with Gasteiger partial charge in [0.05, 0.1) is 6.04 Å². The number of para-hydroxylation sites is 1. The van der Waals surface area contributed by atoms with Crippen molar-refractivity contribution in [3.63, 3.8) is 0 Å². The standard InChI is InChI=1S/C28H41N5O5/c1-5-17(4)24(29)26(35)31-21(13-16(2)3)25(34)32-22(27(36)33-12-8-11-23(33)28(37)38)14-18-15-30-20-10-7-6-9-19(18)20/h6-7,9-10,15-17,21-24,30H,5,8,11-14,29H2,1-4H3,(H,31,35)(H,32,34)(H,37,38). The third-order valence-corrected chi connectivity index (χ3v) is 7.43. The Labute approximate surface area is 223 Å². The molecule has 6 N–H and O–H groups in total. The number of rotatable bonds is 12. The van der Waals surface area contributed by atoms with Crippen molar-refractivity contribution in [3.8, 4) is 0 Å². The van der Waals surface area contributed by atoms with Crippen LogP contribution in [0.3, 0.4) is 0 Å². The van der Waals surface area contributed by atoms with Gasteiger partial charge in [-0.3, -0.25) is 14.4 Å². The van der Waals surface area contributed by atoms with Gasteiger partial charge >= 0.3 is 5.97 Å². The molecule has 1 aliphatic rings. The van der Waals surface area contributed by atoms with Crippen LogP contribution in [0.15, 0.2) is 30.5 Å². The maximum absolute atomic E-state index is 13.7. The first-order chi connectivity index (χ1) is 18.0. The number of nitrogens with zero attached hydrogens (tertiary/aromatic N) is 1. The van der Waals surface area contributed by atoms with Crippen molar-refractivity contribution in [1.82, 2.24) is 20.5 Å². The van der Waals surface area contributed by atoms with Crippen LogP contribution in [-0.4, -0.2) is 69.4 Å². The van der Waals surface area contributed by atoms with E-state index in [4.69, 9.17) is 5.73 Å². The summed E-state index contributed by atoms with van der Waals surface area (Å²) in [6.07, 6.45) is 4.00. The number of carbonyl (C=O) groups is 4. The molecule has 208 valence electrons. The van der Waals surface area contributed by atoms with E-state index in [0.717, 1.165) is 22.9 Å². The summed E-state index contributed by atoms with van der Waals surface area (Å²) in [7, 11) is 0. The Morgan fingerprint density at radius 2 is 1.79 bits per heavy atom. The second-order valence-electron chi connectivity index (χ2n) is 10.8. The van der Waals surface area contributed by atoms with Gasteiger partial charge in [-0.05, 0) is 42.7 Å². The van der Waals surface area contributed by atoms with Crippen molar-refractivity contribution in [2.45, 2.75) is 84.0 Å². The molecule has 0 saturated carbocycles. The van der Waals surface area contributed by atoms with E-state index in [0.29, 0.717) is 25.8 Å². The van der Waals surface area contributed by atoms with Crippen molar-refractivity contribution in [3.05, 3.63) is 36.0 Å². The van der Waals surface area contributed by atoms with Crippen LogP contribution in [-0.2, 0) is 25.6 Å². The Balaban J connectivity index is 1.87. The molecular weight excluding hydrogens is 486 g/mol. The van der Waals surface area contributed by atoms with Gasteiger partial charge in [0, 0.05) is 30.1 Å². The lowest BCUT2D eigenvalue weighted by atomic mass is 9.97. The van der Waals surface area contributed by atoms with Gasteiger partial charge in [-0.2, -0.15) is 0 Å². The number of carboxylic acids is 1. The van der Waals surface area contributed by atoms with Gasteiger partial charge in [0.25, 0.3) is 0 Å². The highest BCUT2D eigenvalue weighted by Crippen LogP contribution is 2.23. The molecule has 1 aromatic carbocycles. The number of benzene rings is 1. The summed E-state index contributed by atoms with van der Waals surface area (Å²) < 4.78 is 0. The largest absolute Gasteiger partial charge is 0.480 e. The SMILES string of the molecule is CCC(C)C(N)C(=O)NC(CC(C)C)C(=O)NC(Cc1c[nH]c2ccccc12)C(=O)N1CCCC1C(=O)O. The summed E-state index contributed by atoms with van der Waals surface area (Å²) >= 11 is 0. The first kappa shape index (κ1) is 29.2. The van der Waals surface area contributed by atoms with Crippen molar-refractivity contribution in [1.29, 1.82) is 0 Å². The van der Waals surface area contributed by atoms with Crippen LogP contribution in [0, 0.1) is 11.8 Å². The van der Waals surface area contributed by atoms with E-state index in [1.807, 2.05) is 52.0 Å². The van der Waals surface area contributed by atoms with Crippen molar-refractivity contribution >= 4 is 34.6 Å². The molecule has 1 aromatic heterocycles. The molecule has 10 nitrogen and oxygen atoms in total. The number of aromatic nitrogens is 1. The number of H-pyrrole nitrogens is 1. The zero-order valence-electron chi connectivity index (χ0n) is 22.7. The predicted molar refractivity (Wildman–Crippen MR) is 145 cm³/mol. The Kier molecular flexibility index (Phi) is 9.90. The van der Waals surface area contributed by atoms with Crippen LogP contribution in [0.1, 0.15) is 58.9 Å². The summed E-state index contributed by atoms with van der Waals surface area (Å²) in [6.45, 7) is 8.02. The monoisotopic (exact) mass is 527 g/mol. The van der Waals surface area contributed by atoms with Crippen LogP contribution in [0.25, 0.3) is 10.9 Å². The van der Waals surface area contributed by atoms with E-state index in [-0.39, 0.29) is 18.3 Å². The minimum absolute atomic E-state index is 0.0583. The Morgan fingerprint density at radius 3 is 2.45 bits per heavy atom. The highest BCUT2D eigenvalue weighted by molar-refractivity contribution is 5.95. The first-order valence-electron chi connectivity index (χ1n) is 13.5. The van der Waals surface area contributed by atoms with E-state index in [1.54, 1.807) is 6.20 Å². The van der Waals surface area contributed by atoms with Gasteiger partial charge in [0.2, 0.25) is 17.7 Å². The van der Waals surface area contributed by atoms with Gasteiger partial charge in [0.1, 0.15) is 18.1 Å². The molecule has 1 aliphatic heterocycles. The van der Waals surface area contributed by atoms with E-state index in [9.17, 15) is 24.3 Å². The number of amides is 3. The minimum Gasteiger partial charge on any atom is -0.480 e. The van der Waals surface area contributed by atoms with Crippen molar-refractivity contribution < 1.29 is 24.3 Å². The summed E-state index contributed by atoms with van der Waals surface area (Å²) in [5.74, 6) is -2.38. The third kappa shape index (κ3) is 6.92. The second-order valence-corrected chi connectivity index (χ2v) is 10.8. The fourth-order valence-electron chi connectivity index (χ4n) is 4.96. The number of hydrogen-bond acceptors (Lipinski definition) is 5. The molecule has 3 rings (SSSR count). The van der Waals surface area contributed by atoms with Gasteiger partial charge in [-0.25, -0.2) is 4.79 Å². The maximum Gasteiger partial charge on any atom is 0.326 e. The summed E-state index contributed by atoms with van der Waals surface area (Å²) in [5.41, 5.74) is 7.83. The molecule has 0 radical (unpaired) electrons. The number of aromatic amines is 1. The van der Waals surface area contributed by atoms with Crippen LogP contribution >= 0.6 is 0 Å². The lowest BCUT2D eigenvalue weighted by Crippen LogP contribution is -2.58. The van der Waals surface area contributed by atoms with Crippen LogP contribution in [0.4, 0.5) is 0 Å². The lowest BCUT2D eigenvalue weighted by Gasteiger charge is -2.29. The lowest BCUT2D eigenvalue weighted by molar-refractivity contribution is -0.149. The molecule has 1 saturated heterocycles. The molecular formula is C28H41N5O5. The molecule has 2 aromatic rings. The topological polar surface area (TPSA) is 158 Å². The molecule has 5 unspecified atom stereocenters. The predicted octanol–water partition coefficient (Wildman–Crippen LogP) is 2.18. The molecule has 38 heavy (non-hydrogen) atoms. The summed E-state index contributed by atoms with van der Waals surface area (Å²) in [5, 5.41) is 16.2. The number of fused-ring (bicyclic) bond motifs is 1. The smallest absolute Gasteiger partial charge is 0.326 e. The van der Waals surface area contributed by atoms with E-state index in [1.165, 1.54) is 4.90 Å². The Hall–Kier alpha value is -3.40. The molecule has 3 amide bonds. The summed E-state index contributed by atoms with van der Waals surface area (Å²) in [4.78, 5) is 56.4. The molecule has 0 spiro atoms. The molecule has 0 aliphatic carbocycles. The maximum atomic E-state index is 13.7. The Bertz CT molecular complexity index is 1150. The fourth-order valence-corrected chi connectivity index (χ4v) is 4.96. The number of nitrogens with one attached hydrogen (secondary N) is 3. The van der Waals surface area contributed by atoms with E-state index in [2.05, 4.69) is 15.6 Å². The summed E-state index contributed by atoms with van der Waals surface area (Å²) in [6, 6.07) is 4.07. The zero-order chi connectivity index (χ0) is 28.0. The molecule has 5 atom stereocenters. The number of aliphatic carboxylic acids is 1. The number of nitrogens with two attached hydrogens (primary N) is 1. The van der Waals surface area contributed by atoms with Crippen molar-refractivity contribution in [2.75, 3.05) is 6.54 Å². The zero-order valence-corrected chi connectivity index (χ0v) is 22.7. The number of hydrogen-bond donors (Lipinski definition) is 5. The van der Waals surface area contributed by atoms with E-state index < -0.39 is 47.9 Å².